The van der Waals surface area contributed by atoms with Gasteiger partial charge in [0, 0.05) is 19.1 Å². The fraction of sp³-hybridized carbons (Fsp3) is 1.00. The molecular formula is C10H19NO2S. The quantitative estimate of drug-likeness (QED) is 0.733. The number of morpholine rings is 1. The molecule has 4 heteroatoms. The first-order valence-corrected chi connectivity index (χ1v) is 6.60. The van der Waals surface area contributed by atoms with Gasteiger partial charge >= 0.3 is 0 Å². The SMILES string of the molecule is OCC1CN(C2CCSCC2)CCO1. The summed E-state index contributed by atoms with van der Waals surface area (Å²) in [4.78, 5) is 2.50. The van der Waals surface area contributed by atoms with Crippen molar-refractivity contribution in [1.29, 1.82) is 0 Å². The molecule has 2 aliphatic rings. The third-order valence-electron chi connectivity index (χ3n) is 3.08. The summed E-state index contributed by atoms with van der Waals surface area (Å²) in [5.41, 5.74) is 0. The van der Waals surface area contributed by atoms with Crippen LogP contribution in [0.3, 0.4) is 0 Å². The van der Waals surface area contributed by atoms with Crippen LogP contribution in [0.5, 0.6) is 0 Å². The molecule has 1 atom stereocenters. The zero-order valence-corrected chi connectivity index (χ0v) is 9.34. The average Bonchev–Trinajstić information content (AvgIpc) is 2.30. The van der Waals surface area contributed by atoms with Crippen LogP contribution in [0.4, 0.5) is 0 Å². The summed E-state index contributed by atoms with van der Waals surface area (Å²) < 4.78 is 5.45. The van der Waals surface area contributed by atoms with Gasteiger partial charge in [0.1, 0.15) is 0 Å². The minimum Gasteiger partial charge on any atom is -0.394 e. The van der Waals surface area contributed by atoms with Crippen LogP contribution in [0.25, 0.3) is 0 Å². The second kappa shape index (κ2) is 5.35. The lowest BCUT2D eigenvalue weighted by Crippen LogP contribution is -2.49. The number of hydrogen-bond acceptors (Lipinski definition) is 4. The van der Waals surface area contributed by atoms with E-state index in [-0.39, 0.29) is 12.7 Å². The van der Waals surface area contributed by atoms with Crippen molar-refractivity contribution < 1.29 is 9.84 Å². The summed E-state index contributed by atoms with van der Waals surface area (Å²) in [5.74, 6) is 2.59. The van der Waals surface area contributed by atoms with Gasteiger partial charge in [0.05, 0.1) is 19.3 Å². The van der Waals surface area contributed by atoms with E-state index < -0.39 is 0 Å². The van der Waals surface area contributed by atoms with Crippen LogP contribution in [-0.2, 0) is 4.74 Å². The first-order valence-electron chi connectivity index (χ1n) is 5.44. The molecular weight excluding hydrogens is 198 g/mol. The van der Waals surface area contributed by atoms with Gasteiger partial charge in [0.2, 0.25) is 0 Å². The predicted molar refractivity (Wildman–Crippen MR) is 58.7 cm³/mol. The second-order valence-electron chi connectivity index (χ2n) is 4.01. The van der Waals surface area contributed by atoms with E-state index >= 15 is 0 Å². The Hall–Kier alpha value is 0.230. The Morgan fingerprint density at radius 3 is 2.86 bits per heavy atom. The molecule has 0 spiro atoms. The number of rotatable bonds is 2. The molecule has 1 unspecified atom stereocenters. The Morgan fingerprint density at radius 1 is 1.36 bits per heavy atom. The number of aliphatic hydroxyl groups is 1. The van der Waals surface area contributed by atoms with Gasteiger partial charge in [0.25, 0.3) is 0 Å². The molecule has 3 nitrogen and oxygen atoms in total. The monoisotopic (exact) mass is 217 g/mol. The molecule has 0 saturated carbocycles. The Bertz CT molecular complexity index is 174. The molecule has 1 N–H and O–H groups in total. The van der Waals surface area contributed by atoms with Gasteiger partial charge in [-0.2, -0.15) is 11.8 Å². The number of thioether (sulfide) groups is 1. The Morgan fingerprint density at radius 2 is 2.14 bits per heavy atom. The summed E-state index contributed by atoms with van der Waals surface area (Å²) in [6.07, 6.45) is 2.67. The van der Waals surface area contributed by atoms with Gasteiger partial charge < -0.3 is 9.84 Å². The minimum absolute atomic E-state index is 0.0540. The first kappa shape index (κ1) is 10.7. The molecule has 0 radical (unpaired) electrons. The van der Waals surface area contributed by atoms with Gasteiger partial charge in [-0.1, -0.05) is 0 Å². The van der Waals surface area contributed by atoms with Crippen LogP contribution in [0, 0.1) is 0 Å². The first-order chi connectivity index (χ1) is 6.90. The summed E-state index contributed by atoms with van der Waals surface area (Å²) in [6.45, 7) is 2.92. The maximum atomic E-state index is 9.05. The van der Waals surface area contributed by atoms with E-state index in [1.807, 2.05) is 0 Å². The molecule has 2 fully saturated rings. The highest BCUT2D eigenvalue weighted by Gasteiger charge is 2.26. The topological polar surface area (TPSA) is 32.7 Å². The van der Waals surface area contributed by atoms with Gasteiger partial charge in [-0.3, -0.25) is 4.90 Å². The lowest BCUT2D eigenvalue weighted by molar-refractivity contribution is -0.0655. The Labute approximate surface area is 89.8 Å². The molecule has 0 amide bonds. The van der Waals surface area contributed by atoms with Gasteiger partial charge in [-0.15, -0.1) is 0 Å². The molecule has 2 rings (SSSR count). The zero-order valence-electron chi connectivity index (χ0n) is 8.52. The lowest BCUT2D eigenvalue weighted by atomic mass is 10.1. The molecule has 14 heavy (non-hydrogen) atoms. The van der Waals surface area contributed by atoms with Gasteiger partial charge in [-0.25, -0.2) is 0 Å². The van der Waals surface area contributed by atoms with Crippen molar-refractivity contribution in [1.82, 2.24) is 4.90 Å². The lowest BCUT2D eigenvalue weighted by Gasteiger charge is -2.39. The molecule has 0 aromatic heterocycles. The summed E-state index contributed by atoms with van der Waals surface area (Å²) in [6, 6.07) is 0.745. The molecule has 0 aliphatic carbocycles. The predicted octanol–water partition coefficient (Wildman–Crippen LogP) is 0.575. The normalized spacial score (nSPS) is 31.9. The van der Waals surface area contributed by atoms with E-state index in [0.717, 1.165) is 25.7 Å². The van der Waals surface area contributed by atoms with Crippen molar-refractivity contribution in [2.24, 2.45) is 0 Å². The summed E-state index contributed by atoms with van der Waals surface area (Å²) >= 11 is 2.06. The standard InChI is InChI=1S/C10H19NO2S/c12-8-10-7-11(3-4-13-10)9-1-5-14-6-2-9/h9-10,12H,1-8H2. The summed E-state index contributed by atoms with van der Waals surface area (Å²) in [5, 5.41) is 9.05. The van der Waals surface area contributed by atoms with E-state index in [1.165, 1.54) is 24.3 Å². The average molecular weight is 217 g/mol. The van der Waals surface area contributed by atoms with Crippen molar-refractivity contribution in [2.45, 2.75) is 25.0 Å². The third-order valence-corrected chi connectivity index (χ3v) is 4.13. The summed E-state index contributed by atoms with van der Waals surface area (Å²) in [7, 11) is 0. The van der Waals surface area contributed by atoms with Crippen LogP contribution in [-0.4, -0.2) is 60.0 Å². The smallest absolute Gasteiger partial charge is 0.0932 e. The van der Waals surface area contributed by atoms with Crippen LogP contribution >= 0.6 is 11.8 Å². The molecule has 82 valence electrons. The van der Waals surface area contributed by atoms with E-state index in [9.17, 15) is 0 Å². The van der Waals surface area contributed by atoms with Crippen LogP contribution in [0.15, 0.2) is 0 Å². The maximum Gasteiger partial charge on any atom is 0.0932 e. The highest BCUT2D eigenvalue weighted by molar-refractivity contribution is 7.99. The molecule has 0 aromatic rings. The van der Waals surface area contributed by atoms with Crippen molar-refractivity contribution in [3.63, 3.8) is 0 Å². The van der Waals surface area contributed by atoms with E-state index in [4.69, 9.17) is 9.84 Å². The van der Waals surface area contributed by atoms with Crippen LogP contribution < -0.4 is 0 Å². The fourth-order valence-electron chi connectivity index (χ4n) is 2.23. The number of hydrogen-bond donors (Lipinski definition) is 1. The highest BCUT2D eigenvalue weighted by atomic mass is 32.2. The second-order valence-corrected chi connectivity index (χ2v) is 5.24. The molecule has 0 aromatic carbocycles. The number of ether oxygens (including phenoxy) is 1. The fourth-order valence-corrected chi connectivity index (χ4v) is 3.32. The van der Waals surface area contributed by atoms with Crippen molar-refractivity contribution >= 4 is 11.8 Å². The van der Waals surface area contributed by atoms with Crippen LogP contribution in [0.2, 0.25) is 0 Å². The number of nitrogens with zero attached hydrogens (tertiary/aromatic N) is 1. The van der Waals surface area contributed by atoms with Crippen LogP contribution in [0.1, 0.15) is 12.8 Å². The van der Waals surface area contributed by atoms with E-state index in [2.05, 4.69) is 16.7 Å². The minimum atomic E-state index is 0.0540. The molecule has 2 aliphatic heterocycles. The molecule has 2 saturated heterocycles. The van der Waals surface area contributed by atoms with Crippen molar-refractivity contribution in [3.05, 3.63) is 0 Å². The van der Waals surface area contributed by atoms with Gasteiger partial charge in [-0.05, 0) is 24.3 Å². The zero-order chi connectivity index (χ0) is 9.80. The number of aliphatic hydroxyl groups excluding tert-OH is 1. The van der Waals surface area contributed by atoms with Gasteiger partial charge in [0.15, 0.2) is 0 Å². The van der Waals surface area contributed by atoms with E-state index in [1.54, 1.807) is 0 Å². The Kier molecular flexibility index (Phi) is 4.10. The molecule has 0 bridgehead atoms. The van der Waals surface area contributed by atoms with E-state index in [0.29, 0.717) is 0 Å². The maximum absolute atomic E-state index is 9.05. The highest BCUT2D eigenvalue weighted by Crippen LogP contribution is 2.23. The Balaban J connectivity index is 1.83. The third kappa shape index (κ3) is 2.63. The largest absolute Gasteiger partial charge is 0.394 e. The van der Waals surface area contributed by atoms with Crippen molar-refractivity contribution in [2.75, 3.05) is 37.8 Å². The van der Waals surface area contributed by atoms with Crippen molar-refractivity contribution in [3.8, 4) is 0 Å². The molecule has 2 heterocycles.